The first-order chi connectivity index (χ1) is 15.5. The van der Waals surface area contributed by atoms with Gasteiger partial charge < -0.3 is 15.0 Å². The molecule has 1 N–H and O–H groups in total. The summed E-state index contributed by atoms with van der Waals surface area (Å²) in [5.41, 5.74) is 3.91. The van der Waals surface area contributed by atoms with Crippen molar-refractivity contribution in [1.29, 1.82) is 0 Å². The third-order valence-corrected chi connectivity index (χ3v) is 5.81. The number of carbonyl (C=O) groups excluding carboxylic acids is 2. The second kappa shape index (κ2) is 9.77. The minimum absolute atomic E-state index is 0.00651. The highest BCUT2D eigenvalue weighted by atomic mass is 16.5. The maximum atomic E-state index is 13.0. The molecule has 166 valence electrons. The minimum Gasteiger partial charge on any atom is -0.493 e. The number of amides is 2. The molecule has 1 saturated heterocycles. The lowest BCUT2D eigenvalue weighted by molar-refractivity contribution is -0.122. The van der Waals surface area contributed by atoms with Crippen LogP contribution in [0.1, 0.15) is 41.0 Å². The number of nitrogens with zero attached hydrogens (tertiary/aromatic N) is 3. The number of para-hydroxylation sites is 1. The van der Waals surface area contributed by atoms with Crippen molar-refractivity contribution in [3.8, 4) is 5.75 Å². The predicted octanol–water partition coefficient (Wildman–Crippen LogP) is 3.44. The molecule has 0 atom stereocenters. The Kier molecular flexibility index (Phi) is 6.63. The van der Waals surface area contributed by atoms with E-state index in [0.717, 1.165) is 41.0 Å². The van der Waals surface area contributed by atoms with E-state index in [0.29, 0.717) is 31.7 Å². The Morgan fingerprint density at radius 2 is 1.69 bits per heavy atom. The van der Waals surface area contributed by atoms with Crippen molar-refractivity contribution in [3.05, 3.63) is 65.5 Å². The Hall–Kier alpha value is -3.48. The van der Waals surface area contributed by atoms with E-state index in [1.165, 1.54) is 0 Å². The van der Waals surface area contributed by atoms with Crippen LogP contribution < -0.4 is 10.1 Å². The van der Waals surface area contributed by atoms with Crippen molar-refractivity contribution in [2.24, 2.45) is 0 Å². The number of aryl methyl sites for hydroxylation is 2. The van der Waals surface area contributed by atoms with Gasteiger partial charge in [0.25, 0.3) is 5.91 Å². The van der Waals surface area contributed by atoms with Crippen molar-refractivity contribution < 1.29 is 14.3 Å². The summed E-state index contributed by atoms with van der Waals surface area (Å²) in [4.78, 5) is 36.1. The van der Waals surface area contributed by atoms with Gasteiger partial charge in [-0.2, -0.15) is 0 Å². The highest BCUT2D eigenvalue weighted by Crippen LogP contribution is 2.18. The Morgan fingerprint density at radius 3 is 2.41 bits per heavy atom. The van der Waals surface area contributed by atoms with Crippen LogP contribution in [0.4, 0.5) is 0 Å². The summed E-state index contributed by atoms with van der Waals surface area (Å²) < 4.78 is 5.58. The lowest BCUT2D eigenvalue weighted by Crippen LogP contribution is -2.46. The van der Waals surface area contributed by atoms with Gasteiger partial charge in [-0.05, 0) is 57.0 Å². The summed E-state index contributed by atoms with van der Waals surface area (Å²) in [6.07, 6.45) is 1.79. The summed E-state index contributed by atoms with van der Waals surface area (Å²) in [5.74, 6) is 0.731. The quantitative estimate of drug-likeness (QED) is 0.645. The maximum absolute atomic E-state index is 13.0. The molecule has 2 heterocycles. The first-order valence-corrected chi connectivity index (χ1v) is 11.0. The van der Waals surface area contributed by atoms with Crippen LogP contribution in [0.2, 0.25) is 0 Å². The Morgan fingerprint density at radius 1 is 1.00 bits per heavy atom. The van der Waals surface area contributed by atoms with E-state index in [1.54, 1.807) is 0 Å². The van der Waals surface area contributed by atoms with Gasteiger partial charge in [0.15, 0.2) is 0 Å². The summed E-state index contributed by atoms with van der Waals surface area (Å²) in [7, 11) is 0. The first-order valence-electron chi connectivity index (χ1n) is 11.0. The SMILES string of the molecule is Cc1nc2ccc(C(=O)N3CCC(NC(=O)CCOc4ccccc4)CC3)cc2nc1C. The number of ether oxygens (including phenoxy) is 1. The largest absolute Gasteiger partial charge is 0.493 e. The molecular formula is C25H28N4O3. The number of carbonyl (C=O) groups is 2. The third kappa shape index (κ3) is 5.22. The van der Waals surface area contributed by atoms with Gasteiger partial charge >= 0.3 is 0 Å². The molecular weight excluding hydrogens is 404 g/mol. The maximum Gasteiger partial charge on any atom is 0.253 e. The fourth-order valence-electron chi connectivity index (χ4n) is 3.85. The number of hydrogen-bond donors (Lipinski definition) is 1. The molecule has 0 saturated carbocycles. The van der Waals surface area contributed by atoms with Crippen LogP contribution >= 0.6 is 0 Å². The van der Waals surface area contributed by atoms with Gasteiger partial charge in [-0.3, -0.25) is 9.59 Å². The zero-order chi connectivity index (χ0) is 22.5. The monoisotopic (exact) mass is 432 g/mol. The second-order valence-corrected chi connectivity index (χ2v) is 8.14. The molecule has 0 spiro atoms. The molecule has 2 amide bonds. The van der Waals surface area contributed by atoms with Gasteiger partial charge in [0.1, 0.15) is 5.75 Å². The number of nitrogens with one attached hydrogen (secondary N) is 1. The fourth-order valence-corrected chi connectivity index (χ4v) is 3.85. The molecule has 4 rings (SSSR count). The smallest absolute Gasteiger partial charge is 0.253 e. The van der Waals surface area contributed by atoms with Crippen LogP contribution in [0.15, 0.2) is 48.5 Å². The normalized spacial score (nSPS) is 14.4. The van der Waals surface area contributed by atoms with Gasteiger partial charge in [0.05, 0.1) is 35.4 Å². The van der Waals surface area contributed by atoms with Crippen LogP contribution in [-0.2, 0) is 4.79 Å². The number of likely N-dealkylation sites (tertiary alicyclic amines) is 1. The summed E-state index contributed by atoms with van der Waals surface area (Å²) in [5, 5.41) is 3.06. The topological polar surface area (TPSA) is 84.4 Å². The predicted molar refractivity (Wildman–Crippen MR) is 123 cm³/mol. The molecule has 0 bridgehead atoms. The molecule has 1 aliphatic rings. The standard InChI is InChI=1S/C25H28N4O3/c1-17-18(2)27-23-16-19(8-9-22(23)26-17)25(31)29-13-10-20(11-14-29)28-24(30)12-15-32-21-6-4-3-5-7-21/h3-9,16,20H,10-15H2,1-2H3,(H,28,30). The van der Waals surface area contributed by atoms with Crippen LogP contribution in [0, 0.1) is 13.8 Å². The Balaban J connectivity index is 1.26. The molecule has 0 unspecified atom stereocenters. The molecule has 32 heavy (non-hydrogen) atoms. The van der Waals surface area contributed by atoms with Crippen LogP contribution in [0.25, 0.3) is 11.0 Å². The summed E-state index contributed by atoms with van der Waals surface area (Å²) in [6, 6.07) is 15.0. The number of piperidine rings is 1. The highest BCUT2D eigenvalue weighted by Gasteiger charge is 2.25. The molecule has 7 heteroatoms. The highest BCUT2D eigenvalue weighted by molar-refractivity contribution is 5.97. The second-order valence-electron chi connectivity index (χ2n) is 8.14. The average molecular weight is 433 g/mol. The van der Waals surface area contributed by atoms with Crippen molar-refractivity contribution in [2.75, 3.05) is 19.7 Å². The number of hydrogen-bond acceptors (Lipinski definition) is 5. The number of fused-ring (bicyclic) bond motifs is 1. The Labute approximate surface area is 187 Å². The van der Waals surface area contributed by atoms with Gasteiger partial charge in [0, 0.05) is 24.7 Å². The van der Waals surface area contributed by atoms with E-state index in [4.69, 9.17) is 4.74 Å². The van der Waals surface area contributed by atoms with Gasteiger partial charge in [-0.25, -0.2) is 9.97 Å². The van der Waals surface area contributed by atoms with Crippen molar-refractivity contribution in [3.63, 3.8) is 0 Å². The van der Waals surface area contributed by atoms with Gasteiger partial charge in [0.2, 0.25) is 5.91 Å². The summed E-state index contributed by atoms with van der Waals surface area (Å²) in [6.45, 7) is 5.42. The molecule has 0 radical (unpaired) electrons. The van der Waals surface area contributed by atoms with Crippen LogP contribution in [0.5, 0.6) is 5.75 Å². The number of aromatic nitrogens is 2. The fraction of sp³-hybridized carbons (Fsp3) is 0.360. The zero-order valence-electron chi connectivity index (χ0n) is 18.5. The van der Waals surface area contributed by atoms with Crippen molar-refractivity contribution in [1.82, 2.24) is 20.2 Å². The van der Waals surface area contributed by atoms with Crippen molar-refractivity contribution >= 4 is 22.8 Å². The van der Waals surface area contributed by atoms with Crippen LogP contribution in [-0.4, -0.2) is 52.4 Å². The molecule has 1 aromatic heterocycles. The summed E-state index contributed by atoms with van der Waals surface area (Å²) >= 11 is 0. The van der Waals surface area contributed by atoms with E-state index >= 15 is 0 Å². The van der Waals surface area contributed by atoms with E-state index in [1.807, 2.05) is 67.3 Å². The van der Waals surface area contributed by atoms with E-state index in [9.17, 15) is 9.59 Å². The molecule has 3 aromatic rings. The zero-order valence-corrected chi connectivity index (χ0v) is 18.5. The average Bonchev–Trinajstić information content (AvgIpc) is 2.80. The third-order valence-electron chi connectivity index (χ3n) is 5.81. The lowest BCUT2D eigenvalue weighted by Gasteiger charge is -2.32. The molecule has 2 aromatic carbocycles. The van der Waals surface area contributed by atoms with E-state index in [-0.39, 0.29) is 17.9 Å². The van der Waals surface area contributed by atoms with Gasteiger partial charge in [-0.1, -0.05) is 18.2 Å². The van der Waals surface area contributed by atoms with Gasteiger partial charge in [-0.15, -0.1) is 0 Å². The number of benzene rings is 2. The molecule has 1 fully saturated rings. The van der Waals surface area contributed by atoms with E-state index in [2.05, 4.69) is 15.3 Å². The van der Waals surface area contributed by atoms with E-state index < -0.39 is 0 Å². The Bertz CT molecular complexity index is 1110. The first kappa shape index (κ1) is 21.7. The molecule has 7 nitrogen and oxygen atoms in total. The number of rotatable bonds is 6. The van der Waals surface area contributed by atoms with Crippen molar-refractivity contribution in [2.45, 2.75) is 39.2 Å². The molecule has 1 aliphatic heterocycles. The minimum atomic E-state index is -0.0236. The lowest BCUT2D eigenvalue weighted by atomic mass is 10.0. The molecule has 0 aliphatic carbocycles. The van der Waals surface area contributed by atoms with Crippen LogP contribution in [0.3, 0.4) is 0 Å².